The third-order valence-electron chi connectivity index (χ3n) is 2.47. The minimum Gasteiger partial charge on any atom is -0.481 e. The highest BCUT2D eigenvalue weighted by Crippen LogP contribution is 2.29. The van der Waals surface area contributed by atoms with Gasteiger partial charge in [-0.3, -0.25) is 9.78 Å². The number of pyridine rings is 1. The van der Waals surface area contributed by atoms with Crippen LogP contribution < -0.4 is 0 Å². The summed E-state index contributed by atoms with van der Waals surface area (Å²) in [6, 6.07) is 1.92. The number of thiazole rings is 1. The average Bonchev–Trinajstić information content (AvgIpc) is 2.60. The summed E-state index contributed by atoms with van der Waals surface area (Å²) in [5.74, 6) is -0.828. The first-order chi connectivity index (χ1) is 8.08. The number of hydrogen-bond donors (Lipinski definition) is 1. The number of carboxylic acids is 1. The first kappa shape index (κ1) is 11.7. The fraction of sp³-hybridized carbons (Fsp3) is 0.250. The van der Waals surface area contributed by atoms with E-state index < -0.39 is 5.97 Å². The van der Waals surface area contributed by atoms with Gasteiger partial charge in [-0.1, -0.05) is 0 Å². The van der Waals surface area contributed by atoms with Crippen molar-refractivity contribution in [2.45, 2.75) is 20.3 Å². The highest BCUT2D eigenvalue weighted by molar-refractivity contribution is 7.15. The van der Waals surface area contributed by atoms with E-state index in [4.69, 9.17) is 5.11 Å². The van der Waals surface area contributed by atoms with Gasteiger partial charge in [-0.05, 0) is 25.5 Å². The standard InChI is InChI=1S/C12H12N2O2S/c1-7-3-4-13-6-9(7)12-14-8(2)10(17-12)5-11(15)16/h3-4,6H,5H2,1-2H3,(H,15,16). The molecule has 0 aliphatic rings. The molecule has 2 heterocycles. The number of hydrogen-bond acceptors (Lipinski definition) is 4. The van der Waals surface area contributed by atoms with Crippen molar-refractivity contribution in [3.8, 4) is 10.6 Å². The number of aromatic nitrogens is 2. The van der Waals surface area contributed by atoms with Crippen molar-refractivity contribution in [3.05, 3.63) is 34.6 Å². The predicted octanol–water partition coefficient (Wildman–Crippen LogP) is 2.45. The van der Waals surface area contributed by atoms with Gasteiger partial charge in [0, 0.05) is 22.8 Å². The molecule has 0 saturated heterocycles. The molecule has 0 aliphatic carbocycles. The topological polar surface area (TPSA) is 63.1 Å². The van der Waals surface area contributed by atoms with Gasteiger partial charge in [-0.15, -0.1) is 11.3 Å². The van der Waals surface area contributed by atoms with E-state index in [1.165, 1.54) is 11.3 Å². The Morgan fingerprint density at radius 3 is 2.88 bits per heavy atom. The number of aliphatic carboxylic acids is 1. The van der Waals surface area contributed by atoms with E-state index in [2.05, 4.69) is 9.97 Å². The van der Waals surface area contributed by atoms with Crippen LogP contribution in [0, 0.1) is 13.8 Å². The molecule has 0 unspecified atom stereocenters. The lowest BCUT2D eigenvalue weighted by molar-refractivity contribution is -0.136. The summed E-state index contributed by atoms with van der Waals surface area (Å²) < 4.78 is 0. The Kier molecular flexibility index (Phi) is 3.19. The van der Waals surface area contributed by atoms with Crippen LogP contribution in [0.15, 0.2) is 18.5 Å². The normalized spacial score (nSPS) is 10.5. The highest BCUT2D eigenvalue weighted by atomic mass is 32.1. The van der Waals surface area contributed by atoms with Gasteiger partial charge in [0.15, 0.2) is 0 Å². The lowest BCUT2D eigenvalue weighted by atomic mass is 10.2. The van der Waals surface area contributed by atoms with E-state index >= 15 is 0 Å². The SMILES string of the molecule is Cc1ccncc1-c1nc(C)c(CC(=O)O)s1. The maximum atomic E-state index is 10.7. The molecular weight excluding hydrogens is 236 g/mol. The summed E-state index contributed by atoms with van der Waals surface area (Å²) in [7, 11) is 0. The molecule has 0 aliphatic heterocycles. The molecule has 5 heteroatoms. The Labute approximate surface area is 103 Å². The summed E-state index contributed by atoms with van der Waals surface area (Å²) >= 11 is 1.42. The van der Waals surface area contributed by atoms with Crippen LogP contribution in [0.4, 0.5) is 0 Å². The molecule has 88 valence electrons. The molecule has 0 amide bonds. The van der Waals surface area contributed by atoms with Crippen molar-refractivity contribution < 1.29 is 9.90 Å². The number of carbonyl (C=O) groups is 1. The van der Waals surface area contributed by atoms with Crippen molar-refractivity contribution in [1.29, 1.82) is 0 Å². The molecule has 0 bridgehead atoms. The van der Waals surface area contributed by atoms with Crippen LogP contribution in [-0.2, 0) is 11.2 Å². The number of nitrogens with zero attached hydrogens (tertiary/aromatic N) is 2. The lowest BCUT2D eigenvalue weighted by Crippen LogP contribution is -1.99. The predicted molar refractivity (Wildman–Crippen MR) is 66.2 cm³/mol. The molecule has 4 nitrogen and oxygen atoms in total. The second kappa shape index (κ2) is 4.63. The highest BCUT2D eigenvalue weighted by Gasteiger charge is 2.13. The Balaban J connectivity index is 2.41. The number of rotatable bonds is 3. The molecule has 0 saturated carbocycles. The second-order valence-electron chi connectivity index (χ2n) is 3.79. The fourth-order valence-electron chi connectivity index (χ4n) is 1.53. The Morgan fingerprint density at radius 1 is 1.47 bits per heavy atom. The van der Waals surface area contributed by atoms with E-state index in [1.807, 2.05) is 19.9 Å². The van der Waals surface area contributed by atoms with Crippen molar-refractivity contribution in [3.63, 3.8) is 0 Å². The zero-order valence-corrected chi connectivity index (χ0v) is 10.4. The van der Waals surface area contributed by atoms with Gasteiger partial charge < -0.3 is 5.11 Å². The molecule has 0 fully saturated rings. The molecule has 0 aromatic carbocycles. The molecule has 2 aromatic heterocycles. The Bertz CT molecular complexity index is 563. The summed E-state index contributed by atoms with van der Waals surface area (Å²) in [5.41, 5.74) is 2.85. The third kappa shape index (κ3) is 2.50. The smallest absolute Gasteiger partial charge is 0.308 e. The molecule has 0 spiro atoms. The van der Waals surface area contributed by atoms with Crippen LogP contribution in [0.2, 0.25) is 0 Å². The maximum Gasteiger partial charge on any atom is 0.308 e. The Morgan fingerprint density at radius 2 is 2.24 bits per heavy atom. The summed E-state index contributed by atoms with van der Waals surface area (Å²) in [5, 5.41) is 9.63. The zero-order valence-electron chi connectivity index (χ0n) is 9.60. The molecule has 0 radical (unpaired) electrons. The van der Waals surface area contributed by atoms with Gasteiger partial charge in [0.05, 0.1) is 12.1 Å². The Hall–Kier alpha value is -1.75. The maximum absolute atomic E-state index is 10.7. The molecular formula is C12H12N2O2S. The number of aryl methyl sites for hydroxylation is 2. The van der Waals surface area contributed by atoms with Gasteiger partial charge >= 0.3 is 5.97 Å². The van der Waals surface area contributed by atoms with E-state index in [9.17, 15) is 4.79 Å². The third-order valence-corrected chi connectivity index (χ3v) is 3.66. The van der Waals surface area contributed by atoms with Crippen LogP contribution >= 0.6 is 11.3 Å². The molecule has 17 heavy (non-hydrogen) atoms. The summed E-state index contributed by atoms with van der Waals surface area (Å²) in [4.78, 5) is 20.0. The molecule has 1 N–H and O–H groups in total. The quantitative estimate of drug-likeness (QED) is 0.906. The summed E-state index contributed by atoms with van der Waals surface area (Å²) in [6.07, 6.45) is 3.53. The first-order valence-corrected chi connectivity index (χ1v) is 5.98. The lowest BCUT2D eigenvalue weighted by Gasteiger charge is -1.99. The van der Waals surface area contributed by atoms with E-state index in [1.54, 1.807) is 12.4 Å². The van der Waals surface area contributed by atoms with Crippen molar-refractivity contribution in [2.75, 3.05) is 0 Å². The molecule has 2 aromatic rings. The average molecular weight is 248 g/mol. The first-order valence-electron chi connectivity index (χ1n) is 5.17. The van der Waals surface area contributed by atoms with Crippen LogP contribution in [0.5, 0.6) is 0 Å². The molecule has 0 atom stereocenters. The number of carboxylic acid groups (broad SMARTS) is 1. The van der Waals surface area contributed by atoms with Gasteiger partial charge in [-0.25, -0.2) is 4.98 Å². The zero-order chi connectivity index (χ0) is 12.4. The van der Waals surface area contributed by atoms with Crippen LogP contribution in [0.3, 0.4) is 0 Å². The van der Waals surface area contributed by atoms with Gasteiger partial charge in [-0.2, -0.15) is 0 Å². The van der Waals surface area contributed by atoms with Gasteiger partial charge in [0.25, 0.3) is 0 Å². The van der Waals surface area contributed by atoms with Crippen LogP contribution in [0.1, 0.15) is 16.1 Å². The van der Waals surface area contributed by atoms with E-state index in [0.29, 0.717) is 0 Å². The van der Waals surface area contributed by atoms with Crippen LogP contribution in [-0.4, -0.2) is 21.0 Å². The van der Waals surface area contributed by atoms with Crippen molar-refractivity contribution >= 4 is 17.3 Å². The fourth-order valence-corrected chi connectivity index (χ4v) is 2.66. The van der Waals surface area contributed by atoms with E-state index in [-0.39, 0.29) is 6.42 Å². The second-order valence-corrected chi connectivity index (χ2v) is 4.87. The summed E-state index contributed by atoms with van der Waals surface area (Å²) in [6.45, 7) is 3.83. The van der Waals surface area contributed by atoms with E-state index in [0.717, 1.165) is 26.7 Å². The van der Waals surface area contributed by atoms with Gasteiger partial charge in [0.1, 0.15) is 5.01 Å². The monoisotopic (exact) mass is 248 g/mol. The van der Waals surface area contributed by atoms with Crippen molar-refractivity contribution in [2.24, 2.45) is 0 Å². The largest absolute Gasteiger partial charge is 0.481 e. The van der Waals surface area contributed by atoms with Crippen molar-refractivity contribution in [1.82, 2.24) is 9.97 Å². The minimum atomic E-state index is -0.828. The van der Waals surface area contributed by atoms with Gasteiger partial charge in [0.2, 0.25) is 0 Å². The molecule has 2 rings (SSSR count). The minimum absolute atomic E-state index is 0.0306. The van der Waals surface area contributed by atoms with Crippen LogP contribution in [0.25, 0.3) is 10.6 Å².